The molecule has 188 valence electrons. The fraction of sp³-hybridized carbons (Fsp3) is 0.318. The normalized spacial score (nSPS) is 24.4. The van der Waals surface area contributed by atoms with E-state index in [4.69, 9.17) is 18.6 Å². The fourth-order valence-electron chi connectivity index (χ4n) is 3.74. The first kappa shape index (κ1) is 24.4. The SMILES string of the molecule is COc1c(O)cc(O)c2c(=O)c(O[C@@H]3O[C@H](CO)[C@H](O)C(O)C3O)c(-c3ccc(O)c(O)c3)oc12. The summed E-state index contributed by atoms with van der Waals surface area (Å²) >= 11 is 0. The fourth-order valence-corrected chi connectivity index (χ4v) is 3.74. The minimum absolute atomic E-state index is 0.0243. The van der Waals surface area contributed by atoms with Crippen LogP contribution in [-0.2, 0) is 4.74 Å². The Labute approximate surface area is 195 Å². The number of aliphatic hydroxyl groups excluding tert-OH is 4. The Morgan fingerprint density at radius 1 is 0.886 bits per heavy atom. The van der Waals surface area contributed by atoms with Gasteiger partial charge in [-0.2, -0.15) is 0 Å². The van der Waals surface area contributed by atoms with Crippen LogP contribution in [0.4, 0.5) is 0 Å². The molecular weight excluding hydrogens is 472 g/mol. The number of aromatic hydroxyl groups is 4. The summed E-state index contributed by atoms with van der Waals surface area (Å²) in [5.41, 5.74) is -1.44. The van der Waals surface area contributed by atoms with Gasteiger partial charge in [-0.15, -0.1) is 0 Å². The van der Waals surface area contributed by atoms with Crippen LogP contribution < -0.4 is 14.9 Å². The second-order valence-electron chi connectivity index (χ2n) is 7.76. The number of benzene rings is 2. The summed E-state index contributed by atoms with van der Waals surface area (Å²) in [6.07, 6.45) is -8.53. The molecule has 0 amide bonds. The summed E-state index contributed by atoms with van der Waals surface area (Å²) in [5.74, 6) is -3.71. The van der Waals surface area contributed by atoms with Crippen molar-refractivity contribution in [2.75, 3.05) is 13.7 Å². The minimum atomic E-state index is -1.88. The van der Waals surface area contributed by atoms with Gasteiger partial charge >= 0.3 is 0 Å². The molecule has 1 aromatic heterocycles. The lowest BCUT2D eigenvalue weighted by atomic mass is 9.99. The van der Waals surface area contributed by atoms with Crippen molar-refractivity contribution >= 4 is 11.0 Å². The van der Waals surface area contributed by atoms with Crippen LogP contribution in [0.15, 0.2) is 33.5 Å². The van der Waals surface area contributed by atoms with Crippen LogP contribution in [0.2, 0.25) is 0 Å². The standard InChI is InChI=1S/C22H22O13/c1-32-19-11(27)5-10(26)13-15(29)21(35-22-17(31)16(30)14(28)12(6-23)33-22)18(34-20(13)19)7-2-3-8(24)9(25)4-7/h2-5,12,14,16-17,22-28,30-31H,6H2,1H3/t12-,14+,16?,17?,22+/m1/s1. The van der Waals surface area contributed by atoms with E-state index in [0.29, 0.717) is 0 Å². The summed E-state index contributed by atoms with van der Waals surface area (Å²) < 4.78 is 21.7. The highest BCUT2D eigenvalue weighted by atomic mass is 16.7. The maximum Gasteiger partial charge on any atom is 0.239 e. The van der Waals surface area contributed by atoms with Gasteiger partial charge < -0.3 is 59.5 Å². The van der Waals surface area contributed by atoms with E-state index < -0.39 is 88.2 Å². The van der Waals surface area contributed by atoms with E-state index in [-0.39, 0.29) is 11.3 Å². The molecule has 0 spiro atoms. The second kappa shape index (κ2) is 9.13. The quantitative estimate of drug-likeness (QED) is 0.209. The average Bonchev–Trinajstić information content (AvgIpc) is 2.82. The highest BCUT2D eigenvalue weighted by molar-refractivity contribution is 5.93. The van der Waals surface area contributed by atoms with Crippen LogP contribution in [0.5, 0.6) is 34.5 Å². The number of ether oxygens (including phenoxy) is 3. The smallest absolute Gasteiger partial charge is 0.239 e. The molecule has 0 bridgehead atoms. The Hall–Kier alpha value is -3.75. The maximum absolute atomic E-state index is 13.5. The van der Waals surface area contributed by atoms with E-state index in [2.05, 4.69) is 0 Å². The Morgan fingerprint density at radius 2 is 1.60 bits per heavy atom. The van der Waals surface area contributed by atoms with Crippen molar-refractivity contribution < 1.29 is 59.5 Å². The summed E-state index contributed by atoms with van der Waals surface area (Å²) in [4.78, 5) is 13.5. The molecule has 0 saturated carbocycles. The summed E-state index contributed by atoms with van der Waals surface area (Å²) in [7, 11) is 1.18. The van der Waals surface area contributed by atoms with Crippen molar-refractivity contribution in [2.24, 2.45) is 0 Å². The molecule has 0 aliphatic carbocycles. The Balaban J connectivity index is 1.97. The zero-order chi connectivity index (χ0) is 25.6. The van der Waals surface area contributed by atoms with Gasteiger partial charge in [0.05, 0.1) is 13.7 Å². The van der Waals surface area contributed by atoms with Gasteiger partial charge in [0.2, 0.25) is 23.2 Å². The summed E-state index contributed by atoms with van der Waals surface area (Å²) in [5, 5.41) is 79.4. The van der Waals surface area contributed by atoms with Gasteiger partial charge in [-0.05, 0) is 18.2 Å². The monoisotopic (exact) mass is 494 g/mol. The van der Waals surface area contributed by atoms with Crippen molar-refractivity contribution in [2.45, 2.75) is 30.7 Å². The molecule has 5 atom stereocenters. The molecule has 35 heavy (non-hydrogen) atoms. The van der Waals surface area contributed by atoms with E-state index in [9.17, 15) is 45.6 Å². The molecule has 2 aromatic carbocycles. The second-order valence-corrected chi connectivity index (χ2v) is 7.76. The first-order chi connectivity index (χ1) is 16.6. The lowest BCUT2D eigenvalue weighted by Gasteiger charge is -2.39. The molecule has 1 saturated heterocycles. The Morgan fingerprint density at radius 3 is 2.23 bits per heavy atom. The summed E-state index contributed by atoms with van der Waals surface area (Å²) in [6, 6.07) is 4.19. The third kappa shape index (κ3) is 4.05. The van der Waals surface area contributed by atoms with Crippen LogP contribution in [0.3, 0.4) is 0 Å². The molecule has 0 radical (unpaired) electrons. The molecule has 4 rings (SSSR count). The van der Waals surface area contributed by atoms with Gasteiger partial charge in [-0.3, -0.25) is 4.79 Å². The highest BCUT2D eigenvalue weighted by Gasteiger charge is 2.45. The first-order valence-corrected chi connectivity index (χ1v) is 10.2. The molecule has 2 unspecified atom stereocenters. The van der Waals surface area contributed by atoms with Crippen molar-refractivity contribution in [1.29, 1.82) is 0 Å². The van der Waals surface area contributed by atoms with Crippen LogP contribution in [0, 0.1) is 0 Å². The highest BCUT2D eigenvalue weighted by Crippen LogP contribution is 2.44. The third-order valence-electron chi connectivity index (χ3n) is 5.56. The lowest BCUT2D eigenvalue weighted by molar-refractivity contribution is -0.277. The molecule has 3 aromatic rings. The van der Waals surface area contributed by atoms with E-state index >= 15 is 0 Å². The number of hydrogen-bond acceptors (Lipinski definition) is 13. The minimum Gasteiger partial charge on any atom is -0.507 e. The largest absolute Gasteiger partial charge is 0.507 e. The van der Waals surface area contributed by atoms with Gasteiger partial charge in [0.1, 0.15) is 35.6 Å². The predicted octanol–water partition coefficient (Wildman–Crippen LogP) is -0.530. The first-order valence-electron chi connectivity index (χ1n) is 10.2. The molecule has 1 aliphatic rings. The maximum atomic E-state index is 13.5. The molecule has 1 fully saturated rings. The zero-order valence-electron chi connectivity index (χ0n) is 18.0. The van der Waals surface area contributed by atoms with Crippen molar-refractivity contribution in [3.63, 3.8) is 0 Å². The molecule has 2 heterocycles. The predicted molar refractivity (Wildman–Crippen MR) is 116 cm³/mol. The van der Waals surface area contributed by atoms with Gasteiger partial charge in [0.15, 0.2) is 28.6 Å². The number of aliphatic hydroxyl groups is 4. The Kier molecular flexibility index (Phi) is 6.36. The topological polar surface area (TPSA) is 220 Å². The van der Waals surface area contributed by atoms with Crippen LogP contribution >= 0.6 is 0 Å². The van der Waals surface area contributed by atoms with Gasteiger partial charge in [-0.25, -0.2) is 0 Å². The number of fused-ring (bicyclic) bond motifs is 1. The van der Waals surface area contributed by atoms with Gasteiger partial charge in [0, 0.05) is 11.6 Å². The number of rotatable bonds is 5. The molecular formula is C22H22O13. The molecule has 13 nitrogen and oxygen atoms in total. The van der Waals surface area contributed by atoms with Crippen LogP contribution in [0.25, 0.3) is 22.3 Å². The number of phenols is 4. The van der Waals surface area contributed by atoms with Gasteiger partial charge in [-0.1, -0.05) is 0 Å². The number of methoxy groups -OCH3 is 1. The number of hydrogen-bond donors (Lipinski definition) is 8. The van der Waals surface area contributed by atoms with E-state index in [1.165, 1.54) is 13.2 Å². The van der Waals surface area contributed by atoms with Crippen molar-refractivity contribution in [3.05, 3.63) is 34.5 Å². The Bertz CT molecular complexity index is 1320. The zero-order valence-corrected chi connectivity index (χ0v) is 18.0. The van der Waals surface area contributed by atoms with Crippen molar-refractivity contribution in [3.8, 4) is 45.8 Å². The van der Waals surface area contributed by atoms with E-state index in [1.807, 2.05) is 0 Å². The average molecular weight is 494 g/mol. The van der Waals surface area contributed by atoms with E-state index in [1.54, 1.807) is 0 Å². The molecule has 8 N–H and O–H groups in total. The van der Waals surface area contributed by atoms with E-state index in [0.717, 1.165) is 18.2 Å². The van der Waals surface area contributed by atoms with Crippen LogP contribution in [0.1, 0.15) is 0 Å². The summed E-state index contributed by atoms with van der Waals surface area (Å²) in [6.45, 7) is -0.757. The van der Waals surface area contributed by atoms with Gasteiger partial charge in [0.25, 0.3) is 0 Å². The molecule has 13 heteroatoms. The number of phenolic OH excluding ortho intramolecular Hbond substituents is 4. The molecule has 1 aliphatic heterocycles. The third-order valence-corrected chi connectivity index (χ3v) is 5.56. The van der Waals surface area contributed by atoms with Crippen LogP contribution in [-0.4, -0.2) is 85.3 Å². The van der Waals surface area contributed by atoms with Crippen molar-refractivity contribution in [1.82, 2.24) is 0 Å². The lowest BCUT2D eigenvalue weighted by Crippen LogP contribution is -2.60.